The van der Waals surface area contributed by atoms with E-state index in [9.17, 15) is 0 Å². The van der Waals surface area contributed by atoms with Crippen LogP contribution in [-0.2, 0) is 84.3 Å². The van der Waals surface area contributed by atoms with E-state index in [-0.39, 0.29) is 95.4 Å². The van der Waals surface area contributed by atoms with Crippen molar-refractivity contribution in [1.82, 2.24) is 39.9 Å². The van der Waals surface area contributed by atoms with Crippen LogP contribution in [0.15, 0.2) is 401 Å². The third-order valence-electron chi connectivity index (χ3n) is 25.5. The van der Waals surface area contributed by atoms with Crippen molar-refractivity contribution in [3.63, 3.8) is 0 Å². The molecular weight excluding hydrogens is 2550 g/mol. The maximum absolute atomic E-state index is 7.68. The first kappa shape index (κ1) is 88.2. The van der Waals surface area contributed by atoms with Gasteiger partial charge in [0.15, 0.2) is 22.3 Å². The number of ether oxygens (including phenoxy) is 4. The van der Waals surface area contributed by atoms with Crippen molar-refractivity contribution in [2.24, 2.45) is 0 Å². The third kappa shape index (κ3) is 18.4. The summed E-state index contributed by atoms with van der Waals surface area (Å²) in [5.41, 5.74) is 17.0. The molecule has 29 aromatic rings. The van der Waals surface area contributed by atoms with Gasteiger partial charge in [0.1, 0.15) is 22.3 Å². The zero-order valence-corrected chi connectivity index (χ0v) is 86.1. The molecule has 0 aliphatic rings. The van der Waals surface area contributed by atoms with Gasteiger partial charge < -0.3 is 76.5 Å². The van der Waals surface area contributed by atoms with Crippen molar-refractivity contribution in [2.45, 2.75) is 20.6 Å². The van der Waals surface area contributed by atoms with E-state index in [4.69, 9.17) is 64.8 Å². The molecule has 0 fully saturated rings. The Balaban J connectivity index is 0.000000114. The Morgan fingerprint density at radius 3 is 0.884 bits per heavy atom. The quantitative estimate of drug-likeness (QED) is 0.0827. The molecule has 0 aliphatic carbocycles. The second-order valence-corrected chi connectivity index (χ2v) is 34.4. The number of benzene rings is 17. The fraction of sp³-hybridized carbons (Fsp3) is 0.0236. The summed E-state index contributed by atoms with van der Waals surface area (Å²) in [5, 5.41) is 22.4. The molecule has 20 heteroatoms. The van der Waals surface area contributed by atoms with Crippen LogP contribution in [0.3, 0.4) is 0 Å². The molecule has 0 saturated carbocycles. The van der Waals surface area contributed by atoms with E-state index in [0.29, 0.717) is 74.1 Å². The van der Waals surface area contributed by atoms with E-state index in [1.807, 2.05) is 225 Å². The fourth-order valence-corrected chi connectivity index (χ4v) is 18.7. The summed E-state index contributed by atoms with van der Waals surface area (Å²) in [7, 11) is 0. The Hall–Kier alpha value is -16.6. The zero-order chi connectivity index (χ0) is 100. The average molecular weight is 2620 g/mol. The first-order valence-electron chi connectivity index (χ1n) is 49.1. The Bertz CT molecular complexity index is 10500. The van der Waals surface area contributed by atoms with Gasteiger partial charge in [-0.1, -0.05) is 236 Å². The number of nitrogens with zero attached hydrogens (tertiary/aromatic N) is 8. The molecule has 29 rings (SSSR count). The minimum Gasteiger partial charge on any atom is -0.497 e. The Morgan fingerprint density at radius 1 is 0.218 bits per heavy atom. The number of aryl methyl sites for hydroxylation is 3. The topological polar surface area (TPSA) is 193 Å². The maximum Gasteiger partial charge on any atom is 2.00 e. The molecule has 0 saturated heterocycles. The number of rotatable bonds is 12. The summed E-state index contributed by atoms with van der Waals surface area (Å²) in [6, 6.07) is 135. The number of hydrogen-bond acceptors (Lipinski definition) is 16. The van der Waals surface area contributed by atoms with Gasteiger partial charge in [-0.25, -0.2) is 0 Å². The van der Waals surface area contributed by atoms with Gasteiger partial charge in [-0.3, -0.25) is 0 Å². The third-order valence-corrected chi connectivity index (χ3v) is 25.5. The van der Waals surface area contributed by atoms with Gasteiger partial charge in [0.2, 0.25) is 0 Å². The van der Waals surface area contributed by atoms with Crippen molar-refractivity contribution in [1.29, 1.82) is 0 Å². The predicted molar refractivity (Wildman–Crippen MR) is 568 cm³/mol. The summed E-state index contributed by atoms with van der Waals surface area (Å²) < 4.78 is 94.4. The number of hydrogen-bond donors (Lipinski definition) is 0. The van der Waals surface area contributed by atoms with Gasteiger partial charge >= 0.3 is 84.3 Å². The molecule has 0 unspecified atom stereocenters. The molecule has 0 spiro atoms. The van der Waals surface area contributed by atoms with Crippen molar-refractivity contribution in [3.8, 4) is 91.0 Å². The Kier molecular flexibility index (Phi) is 24.3. The first-order valence-corrected chi connectivity index (χ1v) is 46.1. The largest absolute Gasteiger partial charge is 2.00 e. The standard InChI is InChI=1S/C34H18N2O2.C32H20N2O2.C31H18N2O2.C30H16N2O2.4Pt/c1-2-7-24-19-35-30(17-22(24)6-1)23-8-5-9-25(16-23)37-26-14-12-21-13-15-28-33-27-10-3-4-11-31(27)38-32(33)20-36-34(28)29(21)18-26;1-19-14-28(33-17-20(19)2)22-6-5-7-23(15-22)35-24-12-10-21-11-13-26-31-25-8-3-4-9-29(25)36-30(31)18-34-32(26)27(21)16-24;1-19-9-14-27(32-17-19)21-5-4-6-22(15-21)34-23-12-10-20-11-13-25-30-24-7-2-3-8-28(24)35-29(30)18-33-31(25)26(20)16-23;1-2-10-27-23(8-1)29-24-14-12-19-11-13-22(17-25(19)30(24)32-18-28(29)34-27)33-21-7-5-6-20(16-21)26-9-3-4-15-31-26;;;;/h1-15,17,19-20H;3-14,17-18H,1-2H3;2-14,17-18H,1H3;1-15,18H;;;;/q4*-2;4*+2/i;2D3;1D3;;;;;. The number of pyridine rings is 8. The molecule has 17 aromatic carbocycles. The molecule has 12 aromatic heterocycles. The molecule has 0 amide bonds. The fourth-order valence-electron chi connectivity index (χ4n) is 18.7. The van der Waals surface area contributed by atoms with Crippen LogP contribution in [0.4, 0.5) is 0 Å². The van der Waals surface area contributed by atoms with Gasteiger partial charge in [0, 0.05) is 122 Å². The summed E-state index contributed by atoms with van der Waals surface area (Å²) in [5.74, 6) is 4.47. The molecule has 12 heterocycles. The van der Waals surface area contributed by atoms with Crippen molar-refractivity contribution in [3.05, 3.63) is 448 Å². The summed E-state index contributed by atoms with van der Waals surface area (Å²) in [6.45, 7) is -2.62. The summed E-state index contributed by atoms with van der Waals surface area (Å²) in [4.78, 5) is 36.7. The van der Waals surface area contributed by atoms with Crippen LogP contribution in [0.2, 0.25) is 0 Å². The van der Waals surface area contributed by atoms with Gasteiger partial charge in [-0.2, -0.15) is 0 Å². The molecule has 0 bridgehead atoms. The van der Waals surface area contributed by atoms with Crippen molar-refractivity contribution < 1.29 is 129 Å². The van der Waals surface area contributed by atoms with E-state index in [1.165, 1.54) is 12.4 Å². The van der Waals surface area contributed by atoms with Crippen LogP contribution < -0.4 is 18.9 Å². The normalized spacial score (nSPS) is 12.1. The van der Waals surface area contributed by atoms with Crippen LogP contribution in [0, 0.1) is 69.2 Å². The number of para-hydroxylation sites is 4. The number of fused-ring (bicyclic) bond motifs is 29. The van der Waals surface area contributed by atoms with E-state index in [2.05, 4.69) is 159 Å². The van der Waals surface area contributed by atoms with Gasteiger partial charge in [0.25, 0.3) is 0 Å². The first-order chi connectivity index (χ1) is 72.9. The number of furan rings is 4. The van der Waals surface area contributed by atoms with E-state index >= 15 is 0 Å². The number of aromatic nitrogens is 8. The minimum absolute atomic E-state index is 0. The van der Waals surface area contributed by atoms with E-state index < -0.39 is 13.7 Å². The second kappa shape index (κ2) is 40.6. The van der Waals surface area contributed by atoms with Crippen molar-refractivity contribution >= 4 is 185 Å². The van der Waals surface area contributed by atoms with E-state index in [0.717, 1.165) is 208 Å². The van der Waals surface area contributed by atoms with Crippen LogP contribution in [0.25, 0.3) is 230 Å². The van der Waals surface area contributed by atoms with Crippen molar-refractivity contribution in [2.75, 3.05) is 0 Å². The Labute approximate surface area is 906 Å². The van der Waals surface area contributed by atoms with Gasteiger partial charge in [0.05, 0.1) is 24.8 Å². The molecule has 0 aliphatic heterocycles. The molecular formula is C127H72N8O8Pt4. The molecule has 0 N–H and O–H groups in total. The maximum atomic E-state index is 7.68. The minimum atomic E-state index is -2.20. The second-order valence-electron chi connectivity index (χ2n) is 34.4. The van der Waals surface area contributed by atoms with Crippen LogP contribution in [0.1, 0.15) is 24.9 Å². The Morgan fingerprint density at radius 2 is 0.537 bits per heavy atom. The molecule has 708 valence electrons. The average Bonchev–Trinajstić information content (AvgIpc) is 1.60. The zero-order valence-electron chi connectivity index (χ0n) is 83.0. The van der Waals surface area contributed by atoms with Crippen LogP contribution in [0.5, 0.6) is 46.0 Å². The monoisotopic (exact) mass is 2620 g/mol. The van der Waals surface area contributed by atoms with Crippen LogP contribution >= 0.6 is 0 Å². The molecule has 147 heavy (non-hydrogen) atoms. The van der Waals surface area contributed by atoms with E-state index in [1.54, 1.807) is 62.2 Å². The van der Waals surface area contributed by atoms with Gasteiger partial charge in [-0.05, 0) is 139 Å². The summed E-state index contributed by atoms with van der Waals surface area (Å²) >= 11 is 0. The SMILES string of the molecule is [2H]C([2H])([2H])c1ccc(-c2[c-]c(Oc3[c-]c4c(cc3)ccc3c4ncc4oc5ccccc5c43)ccc2)nc1.[2H]C([2H])([2H])c1cnc(-c2[c-]c(Oc3[c-]c4c(cc3)ccc3c4ncc4oc5ccccc5c43)ccc2)cc1C.[Pt+2].[Pt+2].[Pt+2].[Pt+2].[c-]1c(Oc2[c-]c3c(cc2)ccc2c3ncc3oc4ccccc4c32)cccc1-c1cc2ccccc2cn1.[c-]1c(Oc2[c-]c3c(cc2)ccc2c3ncc3oc4ccccc4c32)cccc1-c1ccccn1. The molecule has 0 radical (unpaired) electrons. The molecule has 16 nitrogen and oxygen atoms in total. The smallest absolute Gasteiger partial charge is 0.497 e. The molecule has 0 atom stereocenters. The van der Waals surface area contributed by atoms with Crippen LogP contribution in [-0.4, -0.2) is 39.9 Å². The predicted octanol–water partition coefficient (Wildman–Crippen LogP) is 33.0. The van der Waals surface area contributed by atoms with Gasteiger partial charge in [-0.15, -0.1) is 187 Å². The summed E-state index contributed by atoms with van der Waals surface area (Å²) in [6.07, 6.45) is 13.6.